The number of hydrogen-bond donors (Lipinski definition) is 1. The van der Waals surface area contributed by atoms with Crippen LogP contribution in [-0.4, -0.2) is 17.9 Å². The van der Waals surface area contributed by atoms with Crippen molar-refractivity contribution in [1.29, 1.82) is 0 Å². The molecule has 1 rings (SSSR count). The highest BCUT2D eigenvalue weighted by Gasteiger charge is 2.05. The van der Waals surface area contributed by atoms with Gasteiger partial charge < -0.3 is 5.11 Å². The number of aliphatic imine (C=N–C) groups is 1. The molecule has 0 heterocycles. The van der Waals surface area contributed by atoms with E-state index < -0.39 is 0 Å². The molecule has 1 aliphatic rings. The third kappa shape index (κ3) is 2.31. The molecular formula is C9H13NO. The van der Waals surface area contributed by atoms with Crippen LogP contribution in [0.1, 0.15) is 13.3 Å². The quantitative estimate of drug-likeness (QED) is 0.596. The van der Waals surface area contributed by atoms with Gasteiger partial charge in [0.2, 0.25) is 0 Å². The van der Waals surface area contributed by atoms with Crippen molar-refractivity contribution < 1.29 is 5.11 Å². The van der Waals surface area contributed by atoms with Crippen LogP contribution in [0.5, 0.6) is 0 Å². The van der Waals surface area contributed by atoms with Gasteiger partial charge in [-0.25, -0.2) is 0 Å². The zero-order valence-corrected chi connectivity index (χ0v) is 6.70. The lowest BCUT2D eigenvalue weighted by molar-refractivity contribution is 0.253. The van der Waals surface area contributed by atoms with Crippen LogP contribution in [0, 0.1) is 5.92 Å². The number of hydrogen-bond acceptors (Lipinski definition) is 2. The highest BCUT2D eigenvalue weighted by molar-refractivity contribution is 5.56. The molecule has 0 spiro atoms. The van der Waals surface area contributed by atoms with Crippen molar-refractivity contribution in [3.8, 4) is 0 Å². The first-order valence-corrected chi connectivity index (χ1v) is 3.84. The lowest BCUT2D eigenvalue weighted by Gasteiger charge is -2.10. The highest BCUT2D eigenvalue weighted by Crippen LogP contribution is 2.15. The summed E-state index contributed by atoms with van der Waals surface area (Å²) in [7, 11) is 0. The molecule has 2 heteroatoms. The van der Waals surface area contributed by atoms with E-state index in [0.29, 0.717) is 5.92 Å². The molecule has 1 N–H and O–H groups in total. The SMILES string of the molecule is CC=NC1=CCC(CO)C=C1. The Morgan fingerprint density at radius 2 is 2.64 bits per heavy atom. The third-order valence-corrected chi connectivity index (χ3v) is 1.68. The minimum Gasteiger partial charge on any atom is -0.396 e. The highest BCUT2D eigenvalue weighted by atomic mass is 16.3. The molecule has 0 saturated heterocycles. The number of aliphatic hydroxyl groups excluding tert-OH is 1. The van der Waals surface area contributed by atoms with Crippen LogP contribution in [0.2, 0.25) is 0 Å². The first-order valence-electron chi connectivity index (χ1n) is 3.84. The van der Waals surface area contributed by atoms with Gasteiger partial charge in [-0.2, -0.15) is 0 Å². The molecule has 0 aliphatic heterocycles. The van der Waals surface area contributed by atoms with Crippen LogP contribution in [0.25, 0.3) is 0 Å². The summed E-state index contributed by atoms with van der Waals surface area (Å²) in [5.74, 6) is 0.297. The zero-order valence-electron chi connectivity index (χ0n) is 6.70. The van der Waals surface area contributed by atoms with Gasteiger partial charge in [0.25, 0.3) is 0 Å². The van der Waals surface area contributed by atoms with E-state index in [1.54, 1.807) is 6.21 Å². The fourth-order valence-electron chi connectivity index (χ4n) is 1.03. The molecule has 0 bridgehead atoms. The predicted molar refractivity (Wildman–Crippen MR) is 46.6 cm³/mol. The smallest absolute Gasteiger partial charge is 0.0582 e. The lowest BCUT2D eigenvalue weighted by atomic mass is 10.0. The average Bonchev–Trinajstić information content (AvgIpc) is 2.07. The molecule has 60 valence electrons. The van der Waals surface area contributed by atoms with E-state index >= 15 is 0 Å². The summed E-state index contributed by atoms with van der Waals surface area (Å²) in [5, 5.41) is 8.79. The molecule has 0 aromatic carbocycles. The minimum absolute atomic E-state index is 0.232. The van der Waals surface area contributed by atoms with Crippen molar-refractivity contribution in [2.24, 2.45) is 10.9 Å². The van der Waals surface area contributed by atoms with E-state index in [2.05, 4.69) is 4.99 Å². The summed E-state index contributed by atoms with van der Waals surface area (Å²) in [6.45, 7) is 2.13. The van der Waals surface area contributed by atoms with Crippen LogP contribution in [0.4, 0.5) is 0 Å². The molecule has 0 aromatic heterocycles. The molecule has 2 nitrogen and oxygen atoms in total. The summed E-state index contributed by atoms with van der Waals surface area (Å²) in [4.78, 5) is 4.12. The monoisotopic (exact) mass is 151 g/mol. The molecular weight excluding hydrogens is 138 g/mol. The van der Waals surface area contributed by atoms with Crippen molar-refractivity contribution >= 4 is 6.21 Å². The predicted octanol–water partition coefficient (Wildman–Crippen LogP) is 1.53. The molecule has 0 aromatic rings. The van der Waals surface area contributed by atoms with Crippen LogP contribution >= 0.6 is 0 Å². The maximum Gasteiger partial charge on any atom is 0.0582 e. The van der Waals surface area contributed by atoms with Gasteiger partial charge in [-0.05, 0) is 19.4 Å². The Morgan fingerprint density at radius 3 is 3.09 bits per heavy atom. The molecule has 1 atom stereocenters. The number of allylic oxidation sites excluding steroid dienone is 2. The topological polar surface area (TPSA) is 32.6 Å². The average molecular weight is 151 g/mol. The first kappa shape index (κ1) is 8.21. The first-order chi connectivity index (χ1) is 5.36. The second-order valence-corrected chi connectivity index (χ2v) is 2.55. The van der Waals surface area contributed by atoms with Gasteiger partial charge in [-0.3, -0.25) is 4.99 Å². The number of nitrogens with zero attached hydrogens (tertiary/aromatic N) is 1. The standard InChI is InChI=1S/C9H13NO/c1-2-10-9-5-3-8(7-11)4-6-9/h2-3,5-6,8,11H,4,7H2,1H3. The Bertz CT molecular complexity index is 204. The van der Waals surface area contributed by atoms with Gasteiger partial charge in [0.1, 0.15) is 0 Å². The summed E-state index contributed by atoms with van der Waals surface area (Å²) < 4.78 is 0. The van der Waals surface area contributed by atoms with Crippen LogP contribution in [0.3, 0.4) is 0 Å². The van der Waals surface area contributed by atoms with Crippen LogP contribution in [0.15, 0.2) is 28.9 Å². The summed E-state index contributed by atoms with van der Waals surface area (Å²) >= 11 is 0. The van der Waals surface area contributed by atoms with E-state index in [0.717, 1.165) is 12.1 Å². The van der Waals surface area contributed by atoms with Crippen molar-refractivity contribution in [2.75, 3.05) is 6.61 Å². The van der Waals surface area contributed by atoms with E-state index in [-0.39, 0.29) is 6.61 Å². The minimum atomic E-state index is 0.232. The van der Waals surface area contributed by atoms with Crippen LogP contribution in [-0.2, 0) is 0 Å². The number of rotatable bonds is 2. The Morgan fingerprint density at radius 1 is 1.82 bits per heavy atom. The Labute approximate surface area is 67.0 Å². The van der Waals surface area contributed by atoms with Crippen molar-refractivity contribution in [3.63, 3.8) is 0 Å². The summed E-state index contributed by atoms with van der Waals surface area (Å²) in [5.41, 5.74) is 0.997. The molecule has 0 amide bonds. The molecule has 1 aliphatic carbocycles. The Kier molecular flexibility index (Phi) is 3.05. The number of aliphatic hydroxyl groups is 1. The van der Waals surface area contributed by atoms with Crippen LogP contribution < -0.4 is 0 Å². The van der Waals surface area contributed by atoms with Crippen molar-refractivity contribution in [2.45, 2.75) is 13.3 Å². The normalized spacial score (nSPS) is 24.2. The fraction of sp³-hybridized carbons (Fsp3) is 0.444. The second-order valence-electron chi connectivity index (χ2n) is 2.55. The fourth-order valence-corrected chi connectivity index (χ4v) is 1.03. The van der Waals surface area contributed by atoms with Gasteiger partial charge in [-0.15, -0.1) is 0 Å². The van der Waals surface area contributed by atoms with Gasteiger partial charge in [0.05, 0.1) is 5.70 Å². The third-order valence-electron chi connectivity index (χ3n) is 1.68. The Hall–Kier alpha value is -0.890. The molecule has 11 heavy (non-hydrogen) atoms. The summed E-state index contributed by atoms with van der Waals surface area (Å²) in [6.07, 6.45) is 8.67. The maximum absolute atomic E-state index is 8.79. The van der Waals surface area contributed by atoms with E-state index in [1.165, 1.54) is 0 Å². The molecule has 0 fully saturated rings. The summed E-state index contributed by atoms with van der Waals surface area (Å²) in [6, 6.07) is 0. The van der Waals surface area contributed by atoms with Crippen molar-refractivity contribution in [3.05, 3.63) is 23.9 Å². The zero-order chi connectivity index (χ0) is 8.10. The Balaban J connectivity index is 2.52. The molecule has 1 unspecified atom stereocenters. The van der Waals surface area contributed by atoms with Crippen molar-refractivity contribution in [1.82, 2.24) is 0 Å². The molecule has 0 radical (unpaired) electrons. The maximum atomic E-state index is 8.79. The van der Waals surface area contributed by atoms with E-state index in [1.807, 2.05) is 25.2 Å². The van der Waals surface area contributed by atoms with Gasteiger partial charge in [0.15, 0.2) is 0 Å². The lowest BCUT2D eigenvalue weighted by Crippen LogP contribution is -2.03. The van der Waals surface area contributed by atoms with E-state index in [9.17, 15) is 0 Å². The molecule has 0 saturated carbocycles. The van der Waals surface area contributed by atoms with Gasteiger partial charge in [0, 0.05) is 18.7 Å². The van der Waals surface area contributed by atoms with Gasteiger partial charge >= 0.3 is 0 Å². The van der Waals surface area contributed by atoms with E-state index in [4.69, 9.17) is 5.11 Å². The second kappa shape index (κ2) is 4.09. The largest absolute Gasteiger partial charge is 0.396 e. The van der Waals surface area contributed by atoms with Gasteiger partial charge in [-0.1, -0.05) is 12.2 Å².